The molecule has 0 aliphatic rings. The standard InChI is InChI=1S/C16H24/c1-7-10-12-16(13(4)5)14(6)15(9-3)11-8-2/h8-12,15H,3-4,7H2,1-2,5-6H3. The van der Waals surface area contributed by atoms with Gasteiger partial charge in [0.05, 0.1) is 0 Å². The van der Waals surface area contributed by atoms with Crippen molar-refractivity contribution in [3.05, 3.63) is 60.3 Å². The van der Waals surface area contributed by atoms with Crippen molar-refractivity contribution in [1.29, 1.82) is 0 Å². The van der Waals surface area contributed by atoms with Crippen molar-refractivity contribution in [3.8, 4) is 0 Å². The average molecular weight is 216 g/mol. The minimum absolute atomic E-state index is 0.304. The van der Waals surface area contributed by atoms with E-state index in [1.54, 1.807) is 0 Å². The van der Waals surface area contributed by atoms with Crippen LogP contribution in [0.3, 0.4) is 0 Å². The Bertz CT molecular complexity index is 324. The highest BCUT2D eigenvalue weighted by atomic mass is 14.1. The molecule has 0 spiro atoms. The van der Waals surface area contributed by atoms with Crippen LogP contribution in [0.5, 0.6) is 0 Å². The van der Waals surface area contributed by atoms with Crippen molar-refractivity contribution in [2.45, 2.75) is 34.1 Å². The highest BCUT2D eigenvalue weighted by molar-refractivity contribution is 5.43. The summed E-state index contributed by atoms with van der Waals surface area (Å²) in [6, 6.07) is 0. The van der Waals surface area contributed by atoms with Gasteiger partial charge < -0.3 is 0 Å². The Morgan fingerprint density at radius 2 is 1.94 bits per heavy atom. The number of hydrogen-bond acceptors (Lipinski definition) is 0. The van der Waals surface area contributed by atoms with Crippen molar-refractivity contribution >= 4 is 0 Å². The predicted octanol–water partition coefficient (Wildman–Crippen LogP) is 5.22. The fourth-order valence-electron chi connectivity index (χ4n) is 1.63. The smallest absolute Gasteiger partial charge is 0.0161 e. The molecule has 0 fully saturated rings. The second kappa shape index (κ2) is 7.92. The average Bonchev–Trinajstić information content (AvgIpc) is 2.25. The lowest BCUT2D eigenvalue weighted by molar-refractivity contribution is 0.950. The zero-order valence-electron chi connectivity index (χ0n) is 11.1. The summed E-state index contributed by atoms with van der Waals surface area (Å²) < 4.78 is 0. The van der Waals surface area contributed by atoms with E-state index in [9.17, 15) is 0 Å². The van der Waals surface area contributed by atoms with Crippen molar-refractivity contribution in [2.24, 2.45) is 5.92 Å². The van der Waals surface area contributed by atoms with Gasteiger partial charge in [-0.15, -0.1) is 6.58 Å². The number of allylic oxidation sites excluding steroid dienone is 8. The first-order valence-electron chi connectivity index (χ1n) is 5.87. The molecule has 0 aromatic carbocycles. The monoisotopic (exact) mass is 216 g/mol. The third-order valence-electron chi connectivity index (χ3n) is 2.56. The molecule has 0 N–H and O–H groups in total. The van der Waals surface area contributed by atoms with Gasteiger partial charge in [0.2, 0.25) is 0 Å². The van der Waals surface area contributed by atoms with E-state index in [2.05, 4.69) is 58.2 Å². The second-order valence-electron chi connectivity index (χ2n) is 3.97. The molecule has 16 heavy (non-hydrogen) atoms. The Hall–Kier alpha value is -1.30. The van der Waals surface area contributed by atoms with Crippen LogP contribution in [0.25, 0.3) is 0 Å². The normalized spacial score (nSPS) is 15.2. The van der Waals surface area contributed by atoms with E-state index in [1.165, 1.54) is 11.1 Å². The second-order valence-corrected chi connectivity index (χ2v) is 3.97. The summed E-state index contributed by atoms with van der Waals surface area (Å²) in [5.74, 6) is 0.304. The molecular weight excluding hydrogens is 192 g/mol. The van der Waals surface area contributed by atoms with Crippen molar-refractivity contribution in [2.75, 3.05) is 0 Å². The summed E-state index contributed by atoms with van der Waals surface area (Å²) in [7, 11) is 0. The van der Waals surface area contributed by atoms with Crippen LogP contribution >= 0.6 is 0 Å². The largest absolute Gasteiger partial charge is 0.102 e. The van der Waals surface area contributed by atoms with E-state index < -0.39 is 0 Å². The van der Waals surface area contributed by atoms with Crippen LogP contribution < -0.4 is 0 Å². The van der Waals surface area contributed by atoms with E-state index in [0.29, 0.717) is 5.92 Å². The first-order valence-corrected chi connectivity index (χ1v) is 5.87. The molecule has 0 saturated carbocycles. The topological polar surface area (TPSA) is 0 Å². The van der Waals surface area contributed by atoms with Crippen LogP contribution in [0, 0.1) is 5.92 Å². The highest BCUT2D eigenvalue weighted by Gasteiger charge is 2.07. The Balaban J connectivity index is 5.30. The number of hydrogen-bond donors (Lipinski definition) is 0. The van der Waals surface area contributed by atoms with Gasteiger partial charge in [-0.05, 0) is 32.8 Å². The van der Waals surface area contributed by atoms with Gasteiger partial charge in [-0.2, -0.15) is 0 Å². The molecule has 1 unspecified atom stereocenters. The van der Waals surface area contributed by atoms with Gasteiger partial charge in [0.25, 0.3) is 0 Å². The van der Waals surface area contributed by atoms with Gasteiger partial charge in [0, 0.05) is 5.92 Å². The molecule has 0 amide bonds. The summed E-state index contributed by atoms with van der Waals surface area (Å²) in [4.78, 5) is 0. The lowest BCUT2D eigenvalue weighted by Gasteiger charge is -2.13. The summed E-state index contributed by atoms with van der Waals surface area (Å²) in [6.07, 6.45) is 11.6. The van der Waals surface area contributed by atoms with Crippen molar-refractivity contribution in [3.63, 3.8) is 0 Å². The molecular formula is C16H24. The zero-order chi connectivity index (χ0) is 12.6. The third kappa shape index (κ3) is 4.48. The van der Waals surface area contributed by atoms with Crippen LogP contribution in [0.2, 0.25) is 0 Å². The first-order chi connectivity index (χ1) is 7.58. The highest BCUT2D eigenvalue weighted by Crippen LogP contribution is 2.23. The van der Waals surface area contributed by atoms with Crippen LogP contribution in [0.1, 0.15) is 34.1 Å². The van der Waals surface area contributed by atoms with Crippen molar-refractivity contribution in [1.82, 2.24) is 0 Å². The molecule has 0 heteroatoms. The van der Waals surface area contributed by atoms with Gasteiger partial charge in [-0.3, -0.25) is 0 Å². The van der Waals surface area contributed by atoms with Gasteiger partial charge >= 0.3 is 0 Å². The number of rotatable bonds is 6. The van der Waals surface area contributed by atoms with E-state index in [1.807, 2.05) is 13.0 Å². The molecule has 0 heterocycles. The maximum Gasteiger partial charge on any atom is 0.0161 e. The quantitative estimate of drug-likeness (QED) is 0.421. The Morgan fingerprint density at radius 3 is 2.31 bits per heavy atom. The minimum Gasteiger partial charge on any atom is -0.102 e. The molecule has 0 bridgehead atoms. The van der Waals surface area contributed by atoms with Crippen LogP contribution in [-0.2, 0) is 0 Å². The van der Waals surface area contributed by atoms with Crippen LogP contribution in [-0.4, -0.2) is 0 Å². The molecule has 0 saturated heterocycles. The molecule has 0 rings (SSSR count). The molecule has 1 atom stereocenters. The molecule has 0 nitrogen and oxygen atoms in total. The van der Waals surface area contributed by atoms with E-state index in [4.69, 9.17) is 0 Å². The fourth-order valence-corrected chi connectivity index (χ4v) is 1.63. The summed E-state index contributed by atoms with van der Waals surface area (Å²) in [5, 5.41) is 0. The molecule has 0 radical (unpaired) electrons. The maximum atomic E-state index is 4.04. The van der Waals surface area contributed by atoms with E-state index in [0.717, 1.165) is 12.0 Å². The van der Waals surface area contributed by atoms with E-state index in [-0.39, 0.29) is 0 Å². The maximum absolute atomic E-state index is 4.04. The SMILES string of the molecule is C=CC(C=CC)C(C)=C(C=CCC)C(=C)C. The fraction of sp³-hybridized carbons (Fsp3) is 0.375. The lowest BCUT2D eigenvalue weighted by atomic mass is 9.91. The lowest BCUT2D eigenvalue weighted by Crippen LogP contribution is -1.98. The first kappa shape index (κ1) is 14.7. The molecule has 88 valence electrons. The predicted molar refractivity (Wildman–Crippen MR) is 75.4 cm³/mol. The van der Waals surface area contributed by atoms with Crippen molar-refractivity contribution < 1.29 is 0 Å². The Morgan fingerprint density at radius 1 is 1.31 bits per heavy atom. The molecule has 0 aromatic heterocycles. The van der Waals surface area contributed by atoms with Crippen LogP contribution in [0.15, 0.2) is 60.3 Å². The van der Waals surface area contributed by atoms with Crippen LogP contribution in [0.4, 0.5) is 0 Å². The van der Waals surface area contributed by atoms with Gasteiger partial charge in [-0.1, -0.05) is 55.0 Å². The van der Waals surface area contributed by atoms with Gasteiger partial charge in [0.1, 0.15) is 0 Å². The Labute approximate surface area is 101 Å². The minimum atomic E-state index is 0.304. The van der Waals surface area contributed by atoms with Gasteiger partial charge in [-0.25, -0.2) is 0 Å². The molecule has 0 aliphatic carbocycles. The molecule has 0 aromatic rings. The molecule has 0 aliphatic heterocycles. The summed E-state index contributed by atoms with van der Waals surface area (Å²) >= 11 is 0. The summed E-state index contributed by atoms with van der Waals surface area (Å²) in [5.41, 5.74) is 3.66. The van der Waals surface area contributed by atoms with Gasteiger partial charge in [0.15, 0.2) is 0 Å². The third-order valence-corrected chi connectivity index (χ3v) is 2.56. The Kier molecular flexibility index (Phi) is 7.28. The summed E-state index contributed by atoms with van der Waals surface area (Å²) in [6.45, 7) is 16.3. The zero-order valence-corrected chi connectivity index (χ0v) is 11.1. The van der Waals surface area contributed by atoms with E-state index >= 15 is 0 Å².